The molecule has 3 nitrogen and oxygen atoms in total. The maximum Gasteiger partial charge on any atom is 0.0254 e. The molecule has 1 heterocycles. The Hall–Kier alpha value is -0.120. The van der Waals surface area contributed by atoms with Crippen LogP contribution in [0.25, 0.3) is 0 Å². The summed E-state index contributed by atoms with van der Waals surface area (Å²) >= 11 is 0. The molecule has 15 heavy (non-hydrogen) atoms. The molecule has 0 aromatic rings. The monoisotopic (exact) mass is 213 g/mol. The van der Waals surface area contributed by atoms with E-state index in [1.165, 1.54) is 19.6 Å². The Labute approximate surface area is 94.6 Å². The van der Waals surface area contributed by atoms with E-state index in [9.17, 15) is 0 Å². The Bertz CT molecular complexity index is 182. The van der Waals surface area contributed by atoms with Gasteiger partial charge in [-0.3, -0.25) is 0 Å². The normalized spacial score (nSPS) is 30.0. The van der Waals surface area contributed by atoms with E-state index in [0.717, 1.165) is 24.8 Å². The molecule has 0 saturated carbocycles. The Morgan fingerprint density at radius 1 is 1.40 bits per heavy atom. The van der Waals surface area contributed by atoms with Gasteiger partial charge in [-0.25, -0.2) is 0 Å². The molecule has 1 aliphatic heterocycles. The molecule has 1 fully saturated rings. The number of rotatable bonds is 5. The van der Waals surface area contributed by atoms with Crippen LogP contribution in [-0.4, -0.2) is 55.6 Å². The lowest BCUT2D eigenvalue weighted by Gasteiger charge is -2.22. The van der Waals surface area contributed by atoms with E-state index in [2.05, 4.69) is 37.7 Å². The van der Waals surface area contributed by atoms with Crippen LogP contribution < -0.4 is 5.73 Å². The van der Waals surface area contributed by atoms with Crippen LogP contribution >= 0.6 is 0 Å². The third-order valence-electron chi connectivity index (χ3n) is 3.65. The summed E-state index contributed by atoms with van der Waals surface area (Å²) in [4.78, 5) is 4.91. The van der Waals surface area contributed by atoms with E-state index in [1.54, 1.807) is 0 Å². The molecular weight excluding hydrogens is 186 g/mol. The van der Waals surface area contributed by atoms with E-state index in [0.29, 0.717) is 6.04 Å². The molecule has 0 aliphatic carbocycles. The van der Waals surface area contributed by atoms with Crippen molar-refractivity contribution in [2.24, 2.45) is 11.7 Å². The summed E-state index contributed by atoms with van der Waals surface area (Å²) in [6, 6.07) is 1.11. The van der Waals surface area contributed by atoms with Crippen LogP contribution in [0.15, 0.2) is 0 Å². The number of hydrogen-bond acceptors (Lipinski definition) is 3. The van der Waals surface area contributed by atoms with E-state index in [-0.39, 0.29) is 0 Å². The molecule has 1 rings (SSSR count). The highest BCUT2D eigenvalue weighted by Crippen LogP contribution is 2.20. The fourth-order valence-corrected chi connectivity index (χ4v) is 2.46. The summed E-state index contributed by atoms with van der Waals surface area (Å²) < 4.78 is 0. The summed E-state index contributed by atoms with van der Waals surface area (Å²) in [5, 5.41) is 0. The molecule has 0 radical (unpaired) electrons. The first-order valence-corrected chi connectivity index (χ1v) is 6.19. The smallest absolute Gasteiger partial charge is 0.0254 e. The largest absolute Gasteiger partial charge is 0.328 e. The van der Waals surface area contributed by atoms with Crippen molar-refractivity contribution < 1.29 is 0 Å². The predicted octanol–water partition coefficient (Wildman–Crippen LogP) is 0.996. The second kappa shape index (κ2) is 5.83. The Morgan fingerprint density at radius 2 is 2.07 bits per heavy atom. The van der Waals surface area contributed by atoms with E-state index in [4.69, 9.17) is 5.73 Å². The first-order valence-electron chi connectivity index (χ1n) is 6.19. The maximum absolute atomic E-state index is 5.94. The van der Waals surface area contributed by atoms with Gasteiger partial charge in [-0.1, -0.05) is 13.8 Å². The zero-order chi connectivity index (χ0) is 11.4. The summed E-state index contributed by atoms with van der Waals surface area (Å²) in [6.45, 7) is 8.14. The maximum atomic E-state index is 5.94. The highest BCUT2D eigenvalue weighted by atomic mass is 15.2. The van der Waals surface area contributed by atoms with Gasteiger partial charge in [-0.2, -0.15) is 0 Å². The fraction of sp³-hybridized carbons (Fsp3) is 1.00. The minimum atomic E-state index is 0.388. The molecule has 0 aromatic carbocycles. The van der Waals surface area contributed by atoms with Crippen molar-refractivity contribution in [1.29, 1.82) is 0 Å². The Morgan fingerprint density at radius 3 is 2.53 bits per heavy atom. The predicted molar refractivity (Wildman–Crippen MR) is 66.0 cm³/mol. The molecule has 0 aromatic heterocycles. The van der Waals surface area contributed by atoms with Crippen LogP contribution in [-0.2, 0) is 0 Å². The molecule has 3 unspecified atom stereocenters. The van der Waals surface area contributed by atoms with Crippen LogP contribution in [0.4, 0.5) is 0 Å². The van der Waals surface area contributed by atoms with Crippen molar-refractivity contribution in [3.05, 3.63) is 0 Å². The van der Waals surface area contributed by atoms with Crippen molar-refractivity contribution in [3.8, 4) is 0 Å². The van der Waals surface area contributed by atoms with Crippen LogP contribution in [0, 0.1) is 5.92 Å². The number of hydrogen-bond donors (Lipinski definition) is 1. The van der Waals surface area contributed by atoms with Gasteiger partial charge < -0.3 is 15.5 Å². The lowest BCUT2D eigenvalue weighted by Crippen LogP contribution is -2.35. The van der Waals surface area contributed by atoms with Crippen LogP contribution in [0.3, 0.4) is 0 Å². The molecule has 1 saturated heterocycles. The van der Waals surface area contributed by atoms with Gasteiger partial charge in [0.1, 0.15) is 0 Å². The summed E-state index contributed by atoms with van der Waals surface area (Å²) in [7, 11) is 4.37. The lowest BCUT2D eigenvalue weighted by molar-refractivity contribution is 0.249. The summed E-state index contributed by atoms with van der Waals surface area (Å²) in [5.41, 5.74) is 5.94. The zero-order valence-electron chi connectivity index (χ0n) is 10.7. The van der Waals surface area contributed by atoms with Crippen molar-refractivity contribution >= 4 is 0 Å². The van der Waals surface area contributed by atoms with Crippen LogP contribution in [0.1, 0.15) is 26.7 Å². The Kier molecular flexibility index (Phi) is 5.03. The van der Waals surface area contributed by atoms with E-state index >= 15 is 0 Å². The minimum Gasteiger partial charge on any atom is -0.328 e. The van der Waals surface area contributed by atoms with Gasteiger partial charge >= 0.3 is 0 Å². The van der Waals surface area contributed by atoms with Gasteiger partial charge in [0.25, 0.3) is 0 Å². The second-order valence-corrected chi connectivity index (χ2v) is 5.22. The van der Waals surface area contributed by atoms with E-state index < -0.39 is 0 Å². The molecule has 2 N–H and O–H groups in total. The first kappa shape index (κ1) is 12.9. The standard InChI is InChI=1S/C12H27N3/c1-5-11(13)6-7-15-8-10(2)12(9-15)14(3)4/h10-12H,5-9,13H2,1-4H3. The van der Waals surface area contributed by atoms with Gasteiger partial charge in [0.15, 0.2) is 0 Å². The number of nitrogens with two attached hydrogens (primary N) is 1. The topological polar surface area (TPSA) is 32.5 Å². The first-order chi connectivity index (χ1) is 7.04. The van der Waals surface area contributed by atoms with Crippen LogP contribution in [0.5, 0.6) is 0 Å². The van der Waals surface area contributed by atoms with Gasteiger partial charge in [0.05, 0.1) is 0 Å². The highest BCUT2D eigenvalue weighted by Gasteiger charge is 2.30. The average molecular weight is 213 g/mol. The lowest BCUT2D eigenvalue weighted by atomic mass is 10.1. The van der Waals surface area contributed by atoms with Gasteiger partial charge in [-0.15, -0.1) is 0 Å². The fourth-order valence-electron chi connectivity index (χ4n) is 2.46. The molecule has 0 bridgehead atoms. The summed E-state index contributed by atoms with van der Waals surface area (Å²) in [5.74, 6) is 0.790. The number of nitrogens with zero attached hydrogens (tertiary/aromatic N) is 2. The zero-order valence-corrected chi connectivity index (χ0v) is 10.7. The van der Waals surface area contributed by atoms with Crippen molar-refractivity contribution in [1.82, 2.24) is 9.80 Å². The number of likely N-dealkylation sites (N-methyl/N-ethyl adjacent to an activating group) is 1. The second-order valence-electron chi connectivity index (χ2n) is 5.22. The molecule has 0 spiro atoms. The van der Waals surface area contributed by atoms with Gasteiger partial charge in [0, 0.05) is 25.2 Å². The highest BCUT2D eigenvalue weighted by molar-refractivity contribution is 4.86. The molecule has 90 valence electrons. The molecule has 1 aliphatic rings. The third-order valence-corrected chi connectivity index (χ3v) is 3.65. The molecule has 3 atom stereocenters. The third kappa shape index (κ3) is 3.74. The quantitative estimate of drug-likeness (QED) is 0.739. The van der Waals surface area contributed by atoms with Gasteiger partial charge in [0.2, 0.25) is 0 Å². The van der Waals surface area contributed by atoms with Crippen molar-refractivity contribution in [2.45, 2.75) is 38.8 Å². The van der Waals surface area contributed by atoms with Crippen molar-refractivity contribution in [3.63, 3.8) is 0 Å². The minimum absolute atomic E-state index is 0.388. The Balaban J connectivity index is 2.29. The SMILES string of the molecule is CCC(N)CCN1CC(C)C(N(C)C)C1. The molecule has 3 heteroatoms. The number of likely N-dealkylation sites (tertiary alicyclic amines) is 1. The molecule has 0 amide bonds. The van der Waals surface area contributed by atoms with Gasteiger partial charge in [-0.05, 0) is 39.4 Å². The molecular formula is C12H27N3. The van der Waals surface area contributed by atoms with Crippen molar-refractivity contribution in [2.75, 3.05) is 33.7 Å². The van der Waals surface area contributed by atoms with Crippen LogP contribution in [0.2, 0.25) is 0 Å². The summed E-state index contributed by atoms with van der Waals surface area (Å²) in [6.07, 6.45) is 2.24. The average Bonchev–Trinajstić information content (AvgIpc) is 2.56. The van der Waals surface area contributed by atoms with E-state index in [1.807, 2.05) is 0 Å².